The fourth-order valence-electron chi connectivity index (χ4n) is 8.64. The van der Waals surface area contributed by atoms with Gasteiger partial charge in [0, 0.05) is 47.3 Å². The number of aliphatic hydroxyl groups excluding tert-OH is 1. The van der Waals surface area contributed by atoms with Crippen molar-refractivity contribution in [3.63, 3.8) is 0 Å². The molecule has 1 aliphatic heterocycles. The Labute approximate surface area is 413 Å². The molecule has 4 rings (SSSR count). The highest BCUT2D eigenvalue weighted by Crippen LogP contribution is 2.42. The third-order valence-corrected chi connectivity index (χ3v) is 12.1. The Morgan fingerprint density at radius 3 is 1.60 bits per heavy atom. The molecule has 1 fully saturated rings. The molecule has 1 saturated heterocycles. The summed E-state index contributed by atoms with van der Waals surface area (Å²) in [7, 11) is 3.25. The lowest BCUT2D eigenvalue weighted by molar-refractivity contribution is -0.277. The summed E-state index contributed by atoms with van der Waals surface area (Å²) in [5.41, 5.74) is 1.53. The Morgan fingerprint density at radius 2 is 1.11 bits per heavy atom. The van der Waals surface area contributed by atoms with Gasteiger partial charge >= 0.3 is 17.9 Å². The molecule has 3 aromatic rings. The van der Waals surface area contributed by atoms with Crippen LogP contribution in [0.1, 0.15) is 134 Å². The van der Waals surface area contributed by atoms with Gasteiger partial charge < -0.3 is 53.6 Å². The molecule has 1 aliphatic rings. The number of hydrogen-bond donors (Lipinski definition) is 3. The zero-order valence-corrected chi connectivity index (χ0v) is 42.0. The van der Waals surface area contributed by atoms with E-state index in [2.05, 4.69) is 10.6 Å². The topological polar surface area (TPSA) is 203 Å². The fraction of sp³-hybridized carbons (Fsp3) is 0.574. The van der Waals surface area contributed by atoms with Crippen molar-refractivity contribution < 1.29 is 67.0 Å². The van der Waals surface area contributed by atoms with Gasteiger partial charge in [0.1, 0.15) is 35.9 Å². The average Bonchev–Trinajstić information content (AvgIpc) is 3.34. The summed E-state index contributed by atoms with van der Waals surface area (Å²) >= 11 is 0. The van der Waals surface area contributed by atoms with E-state index in [1.807, 2.05) is 78.9 Å². The summed E-state index contributed by atoms with van der Waals surface area (Å²) in [6, 6.07) is 24.3. The van der Waals surface area contributed by atoms with Gasteiger partial charge in [-0.1, -0.05) is 125 Å². The van der Waals surface area contributed by atoms with E-state index in [1.165, 1.54) is 47.0 Å². The first kappa shape index (κ1) is 57.0. The van der Waals surface area contributed by atoms with Gasteiger partial charge in [0.2, 0.25) is 11.8 Å². The van der Waals surface area contributed by atoms with Gasteiger partial charge in [-0.05, 0) is 53.8 Å². The molecule has 0 bridgehead atoms. The van der Waals surface area contributed by atoms with Crippen LogP contribution in [0.15, 0.2) is 78.9 Å². The predicted molar refractivity (Wildman–Crippen MR) is 262 cm³/mol. The molecule has 2 amide bonds. The van der Waals surface area contributed by atoms with Crippen molar-refractivity contribution >= 4 is 29.7 Å². The number of benzene rings is 3. The van der Waals surface area contributed by atoms with Gasteiger partial charge in [-0.15, -0.1) is 0 Å². The zero-order chi connectivity index (χ0) is 50.7. The van der Waals surface area contributed by atoms with Crippen LogP contribution in [0, 0.1) is 0 Å². The Kier molecular flexibility index (Phi) is 25.2. The summed E-state index contributed by atoms with van der Waals surface area (Å²) in [6.07, 6.45) is 8.73. The standard InChI is InChI=1S/C54H76N2O14/c1-38(57)56-50-52(69-41(4)60)51(68-40(3)59)48(37-66-39(2)58)70-53(50)65-34-22-17-15-13-11-9-7-8-10-12-14-16-21-25-49(62)55-35-45(61)36-67-54(42-23-19-18-20-24-42,43-26-30-46(63-5)31-27-43)44-28-32-47(64-6)33-29-44/h18-20,23-24,26-33,45,48,50-53,61H,7-17,21-22,25,34-37H2,1-6H3,(H,55,62)(H,56,57)/t45-,48+,50+,51-,52+,53+/m0/s1. The average molecular weight is 977 g/mol. The van der Waals surface area contributed by atoms with Crippen molar-refractivity contribution in [3.05, 3.63) is 95.6 Å². The molecule has 16 nitrogen and oxygen atoms in total. The first-order valence-electron chi connectivity index (χ1n) is 24.7. The van der Waals surface area contributed by atoms with Crippen LogP contribution in [0.5, 0.6) is 11.5 Å². The highest BCUT2D eigenvalue weighted by molar-refractivity contribution is 5.76. The minimum absolute atomic E-state index is 0.0300. The maximum Gasteiger partial charge on any atom is 0.303 e. The van der Waals surface area contributed by atoms with Gasteiger partial charge in [-0.2, -0.15) is 0 Å². The molecule has 0 saturated carbocycles. The molecule has 70 heavy (non-hydrogen) atoms. The number of amides is 2. The highest BCUT2D eigenvalue weighted by Gasteiger charge is 2.51. The molecule has 16 heteroatoms. The number of methoxy groups -OCH3 is 2. The minimum Gasteiger partial charge on any atom is -0.497 e. The second-order valence-corrected chi connectivity index (χ2v) is 17.7. The Morgan fingerprint density at radius 1 is 0.629 bits per heavy atom. The monoisotopic (exact) mass is 977 g/mol. The number of ether oxygens (including phenoxy) is 8. The van der Waals surface area contributed by atoms with E-state index in [4.69, 9.17) is 37.9 Å². The molecular weight excluding hydrogens is 901 g/mol. The molecule has 0 unspecified atom stereocenters. The first-order chi connectivity index (χ1) is 33.8. The van der Waals surface area contributed by atoms with Gasteiger partial charge in [0.15, 0.2) is 18.5 Å². The molecule has 3 N–H and O–H groups in total. The molecule has 0 radical (unpaired) electrons. The van der Waals surface area contributed by atoms with Crippen molar-refractivity contribution in [2.45, 2.75) is 160 Å². The zero-order valence-electron chi connectivity index (χ0n) is 42.0. The van der Waals surface area contributed by atoms with Gasteiger partial charge in [0.25, 0.3) is 0 Å². The molecule has 386 valence electrons. The van der Waals surface area contributed by atoms with Crippen LogP contribution in [0.2, 0.25) is 0 Å². The van der Waals surface area contributed by atoms with Crippen LogP contribution in [0.4, 0.5) is 0 Å². The molecule has 3 aromatic carbocycles. The van der Waals surface area contributed by atoms with E-state index in [9.17, 15) is 29.1 Å². The van der Waals surface area contributed by atoms with E-state index < -0.39 is 66.2 Å². The SMILES string of the molecule is COc1ccc(C(OC[C@@H](O)CNC(=O)CCCCCCCCCCCCCCCO[C@@H]2O[C@H](COC(C)=O)[C@H](OC(C)=O)[C@H](OC(C)=O)[C@H]2NC(C)=O)(c2ccccc2)c2ccc(OC)cc2)cc1. The molecule has 0 aromatic heterocycles. The lowest BCUT2D eigenvalue weighted by Gasteiger charge is -2.44. The van der Waals surface area contributed by atoms with Crippen LogP contribution in [-0.2, 0) is 58.0 Å². The predicted octanol–water partition coefficient (Wildman–Crippen LogP) is 7.62. The maximum atomic E-state index is 12.8. The van der Waals surface area contributed by atoms with Crippen LogP contribution in [0.25, 0.3) is 0 Å². The largest absolute Gasteiger partial charge is 0.497 e. The maximum absolute atomic E-state index is 12.8. The smallest absolute Gasteiger partial charge is 0.303 e. The number of unbranched alkanes of at least 4 members (excludes halogenated alkanes) is 12. The summed E-state index contributed by atoms with van der Waals surface area (Å²) in [6.45, 7) is 5.02. The third kappa shape index (κ3) is 19.0. The van der Waals surface area contributed by atoms with Crippen molar-refractivity contribution in [3.8, 4) is 11.5 Å². The second kappa shape index (κ2) is 30.9. The number of aliphatic hydroxyl groups is 1. The Hall–Kier alpha value is -5.55. The van der Waals surface area contributed by atoms with Crippen LogP contribution in [-0.4, -0.2) is 112 Å². The van der Waals surface area contributed by atoms with Crippen molar-refractivity contribution in [1.82, 2.24) is 10.6 Å². The first-order valence-corrected chi connectivity index (χ1v) is 24.7. The fourth-order valence-corrected chi connectivity index (χ4v) is 8.64. The summed E-state index contributed by atoms with van der Waals surface area (Å²) in [5, 5.41) is 16.7. The lowest BCUT2D eigenvalue weighted by Crippen LogP contribution is -2.66. The third-order valence-electron chi connectivity index (χ3n) is 12.1. The second-order valence-electron chi connectivity index (χ2n) is 17.7. The highest BCUT2D eigenvalue weighted by atomic mass is 16.7. The van der Waals surface area contributed by atoms with E-state index >= 15 is 0 Å². The number of esters is 3. The summed E-state index contributed by atoms with van der Waals surface area (Å²) < 4.78 is 45.8. The molecule has 6 atom stereocenters. The minimum atomic E-state index is -1.15. The van der Waals surface area contributed by atoms with E-state index in [0.29, 0.717) is 24.5 Å². The number of rotatable bonds is 32. The summed E-state index contributed by atoms with van der Waals surface area (Å²) in [4.78, 5) is 60.5. The molecule has 0 aliphatic carbocycles. The van der Waals surface area contributed by atoms with Crippen LogP contribution >= 0.6 is 0 Å². The number of nitrogens with one attached hydrogen (secondary N) is 2. The molecular formula is C54H76N2O14. The van der Waals surface area contributed by atoms with E-state index in [1.54, 1.807) is 14.2 Å². The van der Waals surface area contributed by atoms with Gasteiger partial charge in [0.05, 0.1) is 26.9 Å². The Balaban J connectivity index is 1.08. The Bertz CT molecular complexity index is 1970. The number of carbonyl (C=O) groups is 5. The van der Waals surface area contributed by atoms with Crippen molar-refractivity contribution in [2.24, 2.45) is 0 Å². The lowest BCUT2D eigenvalue weighted by atomic mass is 9.80. The van der Waals surface area contributed by atoms with Gasteiger partial charge in [-0.3, -0.25) is 24.0 Å². The van der Waals surface area contributed by atoms with Crippen molar-refractivity contribution in [2.75, 3.05) is 40.6 Å². The normalized spacial score (nSPS) is 18.2. The quantitative estimate of drug-likeness (QED) is 0.0239. The number of carbonyl (C=O) groups excluding carboxylic acids is 5. The van der Waals surface area contributed by atoms with Crippen molar-refractivity contribution in [1.29, 1.82) is 0 Å². The van der Waals surface area contributed by atoms with E-state index in [-0.39, 0.29) is 25.7 Å². The van der Waals surface area contributed by atoms with E-state index in [0.717, 1.165) is 80.9 Å². The van der Waals surface area contributed by atoms with Crippen LogP contribution in [0.3, 0.4) is 0 Å². The summed E-state index contributed by atoms with van der Waals surface area (Å²) in [5.74, 6) is -0.967. The van der Waals surface area contributed by atoms with Crippen LogP contribution < -0.4 is 20.1 Å². The molecule has 1 heterocycles. The number of hydrogen-bond acceptors (Lipinski definition) is 14. The molecule has 0 spiro atoms. The van der Waals surface area contributed by atoms with Gasteiger partial charge in [-0.25, -0.2) is 0 Å².